The molecule has 2 saturated carbocycles. The van der Waals surface area contributed by atoms with Gasteiger partial charge >= 0.3 is 0 Å². The molecule has 2 aliphatic carbocycles. The molecule has 0 bridgehead atoms. The van der Waals surface area contributed by atoms with E-state index in [1.165, 1.54) is 83.6 Å². The maximum atomic E-state index is 3.81. The maximum absolute atomic E-state index is 3.81. The first-order chi connectivity index (χ1) is 10.3. The van der Waals surface area contributed by atoms with Gasteiger partial charge in [-0.3, -0.25) is 0 Å². The van der Waals surface area contributed by atoms with Crippen LogP contribution >= 0.6 is 0 Å². The lowest BCUT2D eigenvalue weighted by Gasteiger charge is -2.37. The summed E-state index contributed by atoms with van der Waals surface area (Å²) in [5.74, 6) is 3.07. The summed E-state index contributed by atoms with van der Waals surface area (Å²) in [7, 11) is 0. The average Bonchev–Trinajstić information content (AvgIpc) is 3.31. The van der Waals surface area contributed by atoms with E-state index in [1.807, 2.05) is 0 Å². The molecule has 0 spiro atoms. The molecule has 21 heavy (non-hydrogen) atoms. The van der Waals surface area contributed by atoms with Crippen LogP contribution in [0.25, 0.3) is 0 Å². The Labute approximate surface area is 133 Å². The summed E-state index contributed by atoms with van der Waals surface area (Å²) in [5.41, 5.74) is 0. The number of rotatable bonds is 11. The van der Waals surface area contributed by atoms with Crippen LogP contribution in [0, 0.1) is 17.8 Å². The third-order valence-corrected chi connectivity index (χ3v) is 5.87. The Bertz CT molecular complexity index is 259. The Morgan fingerprint density at radius 3 is 2.29 bits per heavy atom. The Kier molecular flexibility index (Phi) is 8.14. The van der Waals surface area contributed by atoms with Crippen LogP contribution in [0.2, 0.25) is 0 Å². The van der Waals surface area contributed by atoms with E-state index in [4.69, 9.17) is 0 Å². The van der Waals surface area contributed by atoms with Gasteiger partial charge in [-0.25, -0.2) is 0 Å². The molecule has 3 atom stereocenters. The minimum absolute atomic E-state index is 0.892. The van der Waals surface area contributed by atoms with Crippen molar-refractivity contribution in [3.05, 3.63) is 0 Å². The summed E-state index contributed by atoms with van der Waals surface area (Å²) < 4.78 is 0. The lowest BCUT2D eigenvalue weighted by Crippen LogP contribution is -2.34. The predicted molar refractivity (Wildman–Crippen MR) is 93.6 cm³/mol. The Morgan fingerprint density at radius 1 is 0.762 bits per heavy atom. The smallest absolute Gasteiger partial charge is 0.00683 e. The van der Waals surface area contributed by atoms with E-state index in [2.05, 4.69) is 19.2 Å². The van der Waals surface area contributed by atoms with Gasteiger partial charge < -0.3 is 5.32 Å². The molecule has 0 aromatic rings. The minimum atomic E-state index is 0.892. The summed E-state index contributed by atoms with van der Waals surface area (Å²) in [4.78, 5) is 0. The number of hydrogen-bond acceptors (Lipinski definition) is 1. The van der Waals surface area contributed by atoms with Crippen LogP contribution < -0.4 is 5.32 Å². The maximum Gasteiger partial charge on any atom is 0.00683 e. The standard InChI is InChI=1S/C20H39N/c1-3-5-6-7-8-10-18-15-17(9-4-2)11-12-19(18)16-21-20-13-14-20/h17-21H,3-16H2,1-2H3. The lowest BCUT2D eigenvalue weighted by atomic mass is 9.71. The molecule has 1 N–H and O–H groups in total. The first kappa shape index (κ1) is 17.3. The molecule has 0 amide bonds. The van der Waals surface area contributed by atoms with Crippen LogP contribution in [0.1, 0.15) is 97.3 Å². The molecular weight excluding hydrogens is 254 g/mol. The van der Waals surface area contributed by atoms with Crippen LogP contribution in [0.5, 0.6) is 0 Å². The third-order valence-electron chi connectivity index (χ3n) is 5.87. The van der Waals surface area contributed by atoms with E-state index < -0.39 is 0 Å². The second-order valence-corrected chi connectivity index (χ2v) is 7.87. The zero-order valence-corrected chi connectivity index (χ0v) is 14.7. The quantitative estimate of drug-likeness (QED) is 0.465. The molecule has 0 heterocycles. The number of nitrogens with one attached hydrogen (secondary N) is 1. The Balaban J connectivity index is 1.70. The number of unbranched alkanes of at least 4 members (excludes halogenated alkanes) is 4. The van der Waals surface area contributed by atoms with Crippen molar-refractivity contribution in [3.8, 4) is 0 Å². The van der Waals surface area contributed by atoms with E-state index in [1.54, 1.807) is 6.42 Å². The molecule has 2 fully saturated rings. The molecule has 0 radical (unpaired) electrons. The van der Waals surface area contributed by atoms with Crippen molar-refractivity contribution < 1.29 is 0 Å². The second kappa shape index (κ2) is 9.87. The SMILES string of the molecule is CCCCCCCC1CC(CCC)CCC1CNC1CC1. The fourth-order valence-corrected chi connectivity index (χ4v) is 4.33. The fraction of sp³-hybridized carbons (Fsp3) is 1.00. The fourth-order valence-electron chi connectivity index (χ4n) is 4.33. The van der Waals surface area contributed by atoms with Gasteiger partial charge in [0.1, 0.15) is 0 Å². The van der Waals surface area contributed by atoms with Gasteiger partial charge in [0, 0.05) is 6.04 Å². The van der Waals surface area contributed by atoms with Crippen molar-refractivity contribution >= 4 is 0 Å². The van der Waals surface area contributed by atoms with Crippen LogP contribution in [0.3, 0.4) is 0 Å². The largest absolute Gasteiger partial charge is 0.314 e. The minimum Gasteiger partial charge on any atom is -0.314 e. The molecular formula is C20H39N. The van der Waals surface area contributed by atoms with Crippen molar-refractivity contribution in [2.45, 2.75) is 103 Å². The first-order valence-electron chi connectivity index (χ1n) is 10.1. The van der Waals surface area contributed by atoms with Gasteiger partial charge in [-0.05, 0) is 50.0 Å². The monoisotopic (exact) mass is 293 g/mol. The van der Waals surface area contributed by atoms with Crippen LogP contribution in [0.4, 0.5) is 0 Å². The van der Waals surface area contributed by atoms with E-state index in [9.17, 15) is 0 Å². The molecule has 124 valence electrons. The zero-order valence-electron chi connectivity index (χ0n) is 14.7. The van der Waals surface area contributed by atoms with Gasteiger partial charge in [-0.1, -0.05) is 71.6 Å². The Hall–Kier alpha value is -0.0400. The zero-order chi connectivity index (χ0) is 14.9. The van der Waals surface area contributed by atoms with Crippen LogP contribution in [-0.2, 0) is 0 Å². The molecule has 1 nitrogen and oxygen atoms in total. The van der Waals surface area contributed by atoms with E-state index in [0.29, 0.717) is 0 Å². The molecule has 0 aromatic heterocycles. The predicted octanol–water partition coefficient (Wildman–Crippen LogP) is 5.93. The van der Waals surface area contributed by atoms with Gasteiger partial charge in [0.05, 0.1) is 0 Å². The second-order valence-electron chi connectivity index (χ2n) is 7.87. The summed E-state index contributed by atoms with van der Waals surface area (Å²) in [5, 5.41) is 3.81. The van der Waals surface area contributed by atoms with Crippen molar-refractivity contribution in [3.63, 3.8) is 0 Å². The van der Waals surface area contributed by atoms with Crippen LogP contribution in [-0.4, -0.2) is 12.6 Å². The summed E-state index contributed by atoms with van der Waals surface area (Å²) in [6.07, 6.45) is 19.1. The van der Waals surface area contributed by atoms with E-state index in [-0.39, 0.29) is 0 Å². The third kappa shape index (κ3) is 6.72. The highest BCUT2D eigenvalue weighted by atomic mass is 14.9. The van der Waals surface area contributed by atoms with Crippen molar-refractivity contribution in [2.24, 2.45) is 17.8 Å². The van der Waals surface area contributed by atoms with Crippen molar-refractivity contribution in [2.75, 3.05) is 6.54 Å². The van der Waals surface area contributed by atoms with E-state index >= 15 is 0 Å². The summed E-state index contributed by atoms with van der Waals surface area (Å²) >= 11 is 0. The highest BCUT2D eigenvalue weighted by Crippen LogP contribution is 2.39. The normalized spacial score (nSPS) is 29.7. The van der Waals surface area contributed by atoms with Gasteiger partial charge in [-0.15, -0.1) is 0 Å². The van der Waals surface area contributed by atoms with E-state index in [0.717, 1.165) is 23.8 Å². The van der Waals surface area contributed by atoms with Crippen molar-refractivity contribution in [1.29, 1.82) is 0 Å². The van der Waals surface area contributed by atoms with Gasteiger partial charge in [0.2, 0.25) is 0 Å². The Morgan fingerprint density at radius 2 is 1.57 bits per heavy atom. The summed E-state index contributed by atoms with van der Waals surface area (Å²) in [6, 6.07) is 0.892. The molecule has 0 aromatic carbocycles. The molecule has 3 unspecified atom stereocenters. The van der Waals surface area contributed by atoms with Crippen molar-refractivity contribution in [1.82, 2.24) is 5.32 Å². The van der Waals surface area contributed by atoms with Gasteiger partial charge in [0.15, 0.2) is 0 Å². The van der Waals surface area contributed by atoms with Crippen LogP contribution in [0.15, 0.2) is 0 Å². The lowest BCUT2D eigenvalue weighted by molar-refractivity contribution is 0.156. The number of hydrogen-bond donors (Lipinski definition) is 1. The topological polar surface area (TPSA) is 12.0 Å². The molecule has 0 saturated heterocycles. The van der Waals surface area contributed by atoms with Gasteiger partial charge in [0.25, 0.3) is 0 Å². The molecule has 2 aliphatic rings. The molecule has 0 aliphatic heterocycles. The highest BCUT2D eigenvalue weighted by molar-refractivity contribution is 4.86. The highest BCUT2D eigenvalue weighted by Gasteiger charge is 2.31. The molecule has 1 heteroatoms. The van der Waals surface area contributed by atoms with Gasteiger partial charge in [-0.2, -0.15) is 0 Å². The average molecular weight is 294 g/mol. The summed E-state index contributed by atoms with van der Waals surface area (Å²) in [6.45, 7) is 6.00. The first-order valence-corrected chi connectivity index (χ1v) is 10.1. The molecule has 2 rings (SSSR count).